The number of carbonyl (C=O) groups is 1. The molecule has 1 saturated heterocycles. The summed E-state index contributed by atoms with van der Waals surface area (Å²) in [4.78, 5) is 11.6. The molecule has 4 atom stereocenters. The molecular weight excluding hydrogens is 350 g/mol. The van der Waals surface area contributed by atoms with Gasteiger partial charge in [-0.3, -0.25) is 4.79 Å². The van der Waals surface area contributed by atoms with Crippen LogP contribution < -0.4 is 10.6 Å². The molecule has 144 valence electrons. The van der Waals surface area contributed by atoms with Crippen molar-refractivity contribution in [3.8, 4) is 0 Å². The second-order valence-corrected chi connectivity index (χ2v) is 7.14. The molecule has 2 aromatic rings. The zero-order chi connectivity index (χ0) is 19.4. The molecule has 4 nitrogen and oxygen atoms in total. The first kappa shape index (κ1) is 19.5. The molecule has 0 aliphatic carbocycles. The Kier molecular flexibility index (Phi) is 6.19. The Labute approximate surface area is 157 Å². The highest BCUT2D eigenvalue weighted by Gasteiger charge is 2.35. The van der Waals surface area contributed by atoms with Crippen molar-refractivity contribution in [3.05, 3.63) is 71.3 Å². The molecule has 1 amide bonds. The minimum absolute atomic E-state index is 0.142. The van der Waals surface area contributed by atoms with Crippen molar-refractivity contribution >= 4 is 5.91 Å². The van der Waals surface area contributed by atoms with E-state index in [0.29, 0.717) is 5.56 Å². The summed E-state index contributed by atoms with van der Waals surface area (Å²) in [5.74, 6) is -1.38. The second kappa shape index (κ2) is 8.59. The fourth-order valence-corrected chi connectivity index (χ4v) is 3.79. The predicted molar refractivity (Wildman–Crippen MR) is 99.3 cm³/mol. The highest BCUT2D eigenvalue weighted by molar-refractivity contribution is 5.73. The number of amides is 1. The van der Waals surface area contributed by atoms with E-state index in [1.807, 2.05) is 18.2 Å². The van der Waals surface area contributed by atoms with E-state index in [-0.39, 0.29) is 24.3 Å². The maximum absolute atomic E-state index is 13.5. The second-order valence-electron chi connectivity index (χ2n) is 7.14. The van der Waals surface area contributed by atoms with Gasteiger partial charge in [0.25, 0.3) is 0 Å². The molecule has 1 aliphatic heterocycles. The summed E-state index contributed by atoms with van der Waals surface area (Å²) in [6.07, 6.45) is -0.0171. The van der Waals surface area contributed by atoms with Crippen LogP contribution >= 0.6 is 0 Å². The molecule has 3 N–H and O–H groups in total. The lowest BCUT2D eigenvalue weighted by molar-refractivity contribution is -0.120. The minimum atomic E-state index is -0.881. The first-order valence-electron chi connectivity index (χ1n) is 9.11. The van der Waals surface area contributed by atoms with Crippen LogP contribution in [0.3, 0.4) is 0 Å². The van der Waals surface area contributed by atoms with Crippen molar-refractivity contribution < 1.29 is 18.7 Å². The molecule has 1 heterocycles. The van der Waals surface area contributed by atoms with Crippen molar-refractivity contribution in [1.82, 2.24) is 10.6 Å². The quantitative estimate of drug-likeness (QED) is 0.728. The van der Waals surface area contributed by atoms with Crippen molar-refractivity contribution in [1.29, 1.82) is 0 Å². The SMILES string of the molecule is CC(=O)N[C@@H](Cc1cc(F)cc(F)c1)[C@H](O)[C@H]1C[C@@H](c2ccccc2)CN1. The molecule has 0 radical (unpaired) electrons. The van der Waals surface area contributed by atoms with E-state index in [2.05, 4.69) is 22.8 Å². The Morgan fingerprint density at radius 2 is 1.89 bits per heavy atom. The van der Waals surface area contributed by atoms with Crippen molar-refractivity contribution in [2.75, 3.05) is 6.54 Å². The fourth-order valence-electron chi connectivity index (χ4n) is 3.79. The van der Waals surface area contributed by atoms with Gasteiger partial charge in [0, 0.05) is 25.6 Å². The normalized spacial score (nSPS) is 21.6. The molecule has 1 aliphatic rings. The third-order valence-electron chi connectivity index (χ3n) is 5.03. The van der Waals surface area contributed by atoms with Crippen molar-refractivity contribution in [2.24, 2.45) is 0 Å². The van der Waals surface area contributed by atoms with E-state index in [1.54, 1.807) is 0 Å². The van der Waals surface area contributed by atoms with Gasteiger partial charge >= 0.3 is 0 Å². The number of aliphatic hydroxyl groups is 1. The van der Waals surface area contributed by atoms with Crippen LogP contribution in [-0.2, 0) is 11.2 Å². The van der Waals surface area contributed by atoms with Crippen LogP contribution in [0.4, 0.5) is 8.78 Å². The first-order chi connectivity index (χ1) is 12.9. The monoisotopic (exact) mass is 374 g/mol. The Morgan fingerprint density at radius 3 is 2.52 bits per heavy atom. The smallest absolute Gasteiger partial charge is 0.217 e. The molecule has 6 heteroatoms. The van der Waals surface area contributed by atoms with E-state index in [9.17, 15) is 18.7 Å². The molecule has 0 spiro atoms. The van der Waals surface area contributed by atoms with Crippen LogP contribution in [0.5, 0.6) is 0 Å². The number of halogens is 2. The Balaban J connectivity index is 1.71. The van der Waals surface area contributed by atoms with Gasteiger partial charge in [-0.1, -0.05) is 30.3 Å². The molecule has 0 unspecified atom stereocenters. The van der Waals surface area contributed by atoms with Crippen LogP contribution in [0.1, 0.15) is 30.4 Å². The van der Waals surface area contributed by atoms with Crippen LogP contribution in [0.25, 0.3) is 0 Å². The number of benzene rings is 2. The summed E-state index contributed by atoms with van der Waals surface area (Å²) in [6.45, 7) is 2.09. The summed E-state index contributed by atoms with van der Waals surface area (Å²) in [5, 5.41) is 16.9. The van der Waals surface area contributed by atoms with Crippen molar-refractivity contribution in [3.63, 3.8) is 0 Å². The fraction of sp³-hybridized carbons (Fsp3) is 0.381. The molecule has 2 aromatic carbocycles. The standard InChI is InChI=1S/C21H24F2N2O2/c1-13(26)25-20(9-14-7-17(22)11-18(23)8-14)21(27)19-10-16(12-24-19)15-5-3-2-4-6-15/h2-8,11,16,19-21,24,27H,9-10,12H2,1H3,(H,25,26)/t16-,19-,20+,21-/m1/s1. The zero-order valence-electron chi connectivity index (χ0n) is 15.2. The molecule has 0 saturated carbocycles. The topological polar surface area (TPSA) is 61.4 Å². The Morgan fingerprint density at radius 1 is 1.22 bits per heavy atom. The number of aliphatic hydroxyl groups excluding tert-OH is 1. The van der Waals surface area contributed by atoms with Crippen LogP contribution in [0, 0.1) is 11.6 Å². The third kappa shape index (κ3) is 5.11. The lowest BCUT2D eigenvalue weighted by Crippen LogP contribution is -2.51. The van der Waals surface area contributed by atoms with Gasteiger partial charge in [0.05, 0.1) is 12.1 Å². The number of hydrogen-bond acceptors (Lipinski definition) is 3. The zero-order valence-corrected chi connectivity index (χ0v) is 15.2. The van der Waals surface area contributed by atoms with Gasteiger partial charge in [-0.15, -0.1) is 0 Å². The molecule has 3 rings (SSSR count). The van der Waals surface area contributed by atoms with Gasteiger partial charge in [0.15, 0.2) is 0 Å². The molecule has 1 fully saturated rings. The summed E-state index contributed by atoms with van der Waals surface area (Å²) in [7, 11) is 0. The van der Waals surface area contributed by atoms with E-state index in [0.717, 1.165) is 19.0 Å². The lowest BCUT2D eigenvalue weighted by atomic mass is 9.91. The maximum atomic E-state index is 13.5. The third-order valence-corrected chi connectivity index (χ3v) is 5.03. The predicted octanol–water partition coefficient (Wildman–Crippen LogP) is 2.52. The van der Waals surface area contributed by atoms with Gasteiger partial charge in [-0.2, -0.15) is 0 Å². The Hall–Kier alpha value is -2.31. The number of rotatable bonds is 6. The van der Waals surface area contributed by atoms with Crippen LogP contribution in [0.15, 0.2) is 48.5 Å². The molecule has 0 aromatic heterocycles. The maximum Gasteiger partial charge on any atom is 0.217 e. The summed E-state index contributed by atoms with van der Waals surface area (Å²) in [5.41, 5.74) is 1.59. The van der Waals surface area contributed by atoms with Gasteiger partial charge in [0.2, 0.25) is 5.91 Å². The van der Waals surface area contributed by atoms with Crippen LogP contribution in [-0.4, -0.2) is 35.7 Å². The Bertz CT molecular complexity index is 765. The average Bonchev–Trinajstić information content (AvgIpc) is 3.10. The average molecular weight is 374 g/mol. The summed E-state index contributed by atoms with van der Waals surface area (Å²) < 4.78 is 27.0. The first-order valence-corrected chi connectivity index (χ1v) is 9.11. The summed E-state index contributed by atoms with van der Waals surface area (Å²) in [6, 6.07) is 12.4. The highest BCUT2D eigenvalue weighted by Crippen LogP contribution is 2.28. The van der Waals surface area contributed by atoms with Gasteiger partial charge < -0.3 is 15.7 Å². The number of hydrogen-bond donors (Lipinski definition) is 3. The van der Waals surface area contributed by atoms with E-state index < -0.39 is 23.8 Å². The van der Waals surface area contributed by atoms with E-state index in [1.165, 1.54) is 24.6 Å². The number of carbonyl (C=O) groups excluding carboxylic acids is 1. The van der Waals surface area contributed by atoms with Gasteiger partial charge in [0.1, 0.15) is 11.6 Å². The molecular formula is C21H24F2N2O2. The minimum Gasteiger partial charge on any atom is -0.389 e. The molecule has 0 bridgehead atoms. The molecule has 27 heavy (non-hydrogen) atoms. The van der Waals surface area contributed by atoms with Crippen LogP contribution in [0.2, 0.25) is 0 Å². The van der Waals surface area contributed by atoms with E-state index in [4.69, 9.17) is 0 Å². The lowest BCUT2D eigenvalue weighted by Gasteiger charge is -2.28. The highest BCUT2D eigenvalue weighted by atomic mass is 19.1. The van der Waals surface area contributed by atoms with Gasteiger partial charge in [-0.05, 0) is 42.0 Å². The largest absolute Gasteiger partial charge is 0.389 e. The van der Waals surface area contributed by atoms with E-state index >= 15 is 0 Å². The van der Waals surface area contributed by atoms with Gasteiger partial charge in [-0.25, -0.2) is 8.78 Å². The number of nitrogens with one attached hydrogen (secondary N) is 2. The van der Waals surface area contributed by atoms with Crippen molar-refractivity contribution in [2.45, 2.75) is 43.9 Å². The summed E-state index contributed by atoms with van der Waals surface area (Å²) >= 11 is 0.